The van der Waals surface area contributed by atoms with Crippen molar-refractivity contribution in [1.82, 2.24) is 24.4 Å². The van der Waals surface area contributed by atoms with Crippen LogP contribution in [-0.4, -0.2) is 74.2 Å². The molecule has 1 N–H and O–H groups in total. The fourth-order valence-corrected chi connectivity index (χ4v) is 7.45. The molecule has 0 spiro atoms. The Morgan fingerprint density at radius 2 is 1.75 bits per heavy atom. The molecule has 1 amide bonds. The van der Waals surface area contributed by atoms with Crippen LogP contribution >= 0.6 is 11.6 Å². The number of phenols is 1. The summed E-state index contributed by atoms with van der Waals surface area (Å²) in [6, 6.07) is 3.12. The minimum Gasteiger partial charge on any atom is -0.507 e. The molecule has 0 saturated carbocycles. The maximum absolute atomic E-state index is 17.7. The lowest BCUT2D eigenvalue weighted by atomic mass is 9.95. The molecule has 4 heterocycles. The van der Waals surface area contributed by atoms with E-state index in [9.17, 15) is 14.7 Å². The Labute approximate surface area is 282 Å². The summed E-state index contributed by atoms with van der Waals surface area (Å²) in [5.41, 5.74) is -0.163. The van der Waals surface area contributed by atoms with Gasteiger partial charge >= 0.3 is 5.69 Å². The summed E-state index contributed by atoms with van der Waals surface area (Å²) in [6.45, 7) is 14.2. The van der Waals surface area contributed by atoms with Crippen LogP contribution in [0.5, 0.6) is 5.75 Å². The second kappa shape index (κ2) is 12.5. The molecule has 0 aliphatic carbocycles. The molecule has 2 aliphatic rings. The molecule has 252 valence electrons. The summed E-state index contributed by atoms with van der Waals surface area (Å²) < 4.78 is 34.4. The molecule has 4 aromatic rings. The van der Waals surface area contributed by atoms with E-state index in [0.717, 1.165) is 6.07 Å². The molecule has 6 rings (SSSR count). The van der Waals surface area contributed by atoms with E-state index in [1.807, 2.05) is 44.4 Å². The fraction of sp³-hybridized carbons (Fsp3) is 0.400. The summed E-state index contributed by atoms with van der Waals surface area (Å²) in [4.78, 5) is 46.5. The van der Waals surface area contributed by atoms with Gasteiger partial charge in [0.25, 0.3) is 0 Å². The number of fused-ring (bicyclic) bond motifs is 2. The Morgan fingerprint density at radius 1 is 1.08 bits per heavy atom. The van der Waals surface area contributed by atoms with Crippen molar-refractivity contribution in [3.8, 4) is 22.6 Å². The lowest BCUT2D eigenvalue weighted by molar-refractivity contribution is -0.128. The Bertz CT molecular complexity index is 1990. The highest BCUT2D eigenvalue weighted by molar-refractivity contribution is 6.38. The van der Waals surface area contributed by atoms with Crippen molar-refractivity contribution in [2.24, 2.45) is 0 Å². The molecular formula is C35H38ClF2N7O3. The van der Waals surface area contributed by atoms with E-state index in [1.165, 1.54) is 29.1 Å². The highest BCUT2D eigenvalue weighted by Crippen LogP contribution is 2.50. The second-order valence-corrected chi connectivity index (χ2v) is 13.5. The lowest BCUT2D eigenvalue weighted by Gasteiger charge is -2.47. The quantitative estimate of drug-likeness (QED) is 0.251. The largest absolute Gasteiger partial charge is 0.507 e. The number of halogens is 3. The minimum atomic E-state index is -1.01. The zero-order valence-electron chi connectivity index (χ0n) is 27.8. The number of benzene rings is 2. The Balaban J connectivity index is 1.83. The Hall–Kier alpha value is -4.58. The average molecular weight is 678 g/mol. The van der Waals surface area contributed by atoms with E-state index in [2.05, 4.69) is 21.5 Å². The van der Waals surface area contributed by atoms with Crippen LogP contribution < -0.4 is 15.5 Å². The molecule has 13 heteroatoms. The average Bonchev–Trinajstić information content (AvgIpc) is 3.03. The van der Waals surface area contributed by atoms with E-state index >= 15 is 8.78 Å². The van der Waals surface area contributed by atoms with E-state index < -0.39 is 28.6 Å². The van der Waals surface area contributed by atoms with E-state index in [1.54, 1.807) is 11.9 Å². The van der Waals surface area contributed by atoms with Crippen LogP contribution in [0.25, 0.3) is 27.7 Å². The van der Waals surface area contributed by atoms with Crippen molar-refractivity contribution < 1.29 is 18.7 Å². The van der Waals surface area contributed by atoms with E-state index in [0.29, 0.717) is 48.8 Å². The number of phenolic OH excluding ortho intramolecular Hbond substituents is 1. The highest BCUT2D eigenvalue weighted by Gasteiger charge is 2.40. The fourth-order valence-electron chi connectivity index (χ4n) is 7.04. The van der Waals surface area contributed by atoms with Crippen LogP contribution in [0.15, 0.2) is 42.0 Å². The molecule has 0 bridgehead atoms. The molecule has 0 radical (unpaired) electrons. The monoisotopic (exact) mass is 677 g/mol. The number of anilines is 2. The highest BCUT2D eigenvalue weighted by atomic mass is 35.5. The van der Waals surface area contributed by atoms with E-state index in [4.69, 9.17) is 11.6 Å². The molecule has 2 aromatic carbocycles. The van der Waals surface area contributed by atoms with Gasteiger partial charge in [-0.1, -0.05) is 51.9 Å². The number of hydrogen-bond acceptors (Lipinski definition) is 8. The van der Waals surface area contributed by atoms with Crippen molar-refractivity contribution in [2.45, 2.75) is 65.0 Å². The molecule has 48 heavy (non-hydrogen) atoms. The number of carbonyl (C=O) groups is 1. The van der Waals surface area contributed by atoms with Gasteiger partial charge in [-0.2, -0.15) is 4.98 Å². The van der Waals surface area contributed by atoms with Crippen molar-refractivity contribution in [1.29, 1.82) is 0 Å². The first-order chi connectivity index (χ1) is 22.8. The van der Waals surface area contributed by atoms with Gasteiger partial charge in [-0.25, -0.2) is 23.5 Å². The summed E-state index contributed by atoms with van der Waals surface area (Å²) in [7, 11) is 1.78. The minimum absolute atomic E-state index is 0.138. The van der Waals surface area contributed by atoms with Gasteiger partial charge in [0, 0.05) is 44.3 Å². The molecule has 10 nitrogen and oxygen atoms in total. The standard InChI is InChI=1S/C35H38ClF2N7O3/c1-8-23(47)43-15-20-12-13-42(7)31-26-32(28(38)25(27(31)36)24-21(37)10-9-11-22(24)46)45(35(48)41-34(26)44(20)14-19(43)6)33-29(17(2)3)39-16-40-30(33)18(4)5/h8-11,16-20,46H,1,12-15H2,2-7H3. The summed E-state index contributed by atoms with van der Waals surface area (Å²) in [5, 5.41) is 11.0. The first-order valence-electron chi connectivity index (χ1n) is 16.0. The number of carbonyl (C=O) groups excluding carboxylic acids is 1. The zero-order chi connectivity index (χ0) is 34.8. The van der Waals surface area contributed by atoms with E-state index in [-0.39, 0.29) is 57.1 Å². The summed E-state index contributed by atoms with van der Waals surface area (Å²) in [6.07, 6.45) is 3.24. The van der Waals surface area contributed by atoms with Crippen molar-refractivity contribution in [2.75, 3.05) is 36.5 Å². The predicted octanol–water partition coefficient (Wildman–Crippen LogP) is 6.16. The third-order valence-corrected chi connectivity index (χ3v) is 9.72. The number of amides is 1. The van der Waals surface area contributed by atoms with Gasteiger partial charge < -0.3 is 19.8 Å². The first-order valence-corrected chi connectivity index (χ1v) is 16.4. The third-order valence-electron chi connectivity index (χ3n) is 9.36. The molecule has 2 unspecified atom stereocenters. The van der Waals surface area contributed by atoms with Gasteiger partial charge in [0.2, 0.25) is 5.91 Å². The van der Waals surface area contributed by atoms with Crippen LogP contribution in [0.1, 0.15) is 64.3 Å². The van der Waals surface area contributed by atoms with Crippen molar-refractivity contribution >= 4 is 39.9 Å². The van der Waals surface area contributed by atoms with Crippen LogP contribution in [0.4, 0.5) is 20.3 Å². The van der Waals surface area contributed by atoms with Crippen LogP contribution in [0.3, 0.4) is 0 Å². The summed E-state index contributed by atoms with van der Waals surface area (Å²) in [5.74, 6) is -2.80. The molecule has 2 aromatic heterocycles. The normalized spacial score (nSPS) is 17.9. The number of rotatable bonds is 5. The Morgan fingerprint density at radius 3 is 2.35 bits per heavy atom. The van der Waals surface area contributed by atoms with Crippen molar-refractivity contribution in [3.63, 3.8) is 0 Å². The maximum atomic E-state index is 17.7. The smallest absolute Gasteiger partial charge is 0.354 e. The molecule has 1 saturated heterocycles. The first kappa shape index (κ1) is 33.3. The molecule has 2 atom stereocenters. The molecule has 2 aliphatic heterocycles. The van der Waals surface area contributed by atoms with Gasteiger partial charge in [0.05, 0.1) is 38.7 Å². The zero-order valence-corrected chi connectivity index (χ0v) is 28.5. The van der Waals surface area contributed by atoms with Crippen LogP contribution in [0.2, 0.25) is 5.02 Å². The maximum Gasteiger partial charge on any atom is 0.354 e. The number of hydrogen-bond donors (Lipinski definition) is 1. The number of piperazine rings is 1. The van der Waals surface area contributed by atoms with Crippen LogP contribution in [0, 0.1) is 11.6 Å². The van der Waals surface area contributed by atoms with Gasteiger partial charge in [-0.3, -0.25) is 9.36 Å². The number of nitrogens with zero attached hydrogens (tertiary/aromatic N) is 7. The van der Waals surface area contributed by atoms with Crippen LogP contribution in [-0.2, 0) is 4.79 Å². The second-order valence-electron chi connectivity index (χ2n) is 13.1. The summed E-state index contributed by atoms with van der Waals surface area (Å²) >= 11 is 7.11. The molecule has 1 fully saturated rings. The van der Waals surface area contributed by atoms with Gasteiger partial charge in [0.1, 0.15) is 29.2 Å². The van der Waals surface area contributed by atoms with Gasteiger partial charge in [0.15, 0.2) is 5.82 Å². The van der Waals surface area contributed by atoms with Gasteiger partial charge in [-0.15, -0.1) is 0 Å². The SMILES string of the molecule is C=CC(=O)N1CC2CCN(C)c3c(Cl)c(-c4c(O)cccc4F)c(F)c4c3c(nc(=O)n4-c3c(C(C)C)ncnc3C(C)C)N2CC1C. The third kappa shape index (κ3) is 5.17. The van der Waals surface area contributed by atoms with Crippen molar-refractivity contribution in [3.05, 3.63) is 75.7 Å². The predicted molar refractivity (Wildman–Crippen MR) is 184 cm³/mol. The number of aromatic hydroxyl groups is 1. The topological polar surface area (TPSA) is 108 Å². The number of aromatic nitrogens is 4. The Kier molecular flexibility index (Phi) is 8.65. The van der Waals surface area contributed by atoms with Gasteiger partial charge in [-0.05, 0) is 43.4 Å². The lowest BCUT2D eigenvalue weighted by Crippen LogP contribution is -2.60. The molecular weight excluding hydrogens is 640 g/mol.